The molecule has 0 amide bonds. The molecule has 3 rings (SSSR count). The highest BCUT2D eigenvalue weighted by Crippen LogP contribution is 2.36. The molecule has 2 fully saturated rings. The lowest BCUT2D eigenvalue weighted by Crippen LogP contribution is -2.47. The summed E-state index contributed by atoms with van der Waals surface area (Å²) >= 11 is 0. The Morgan fingerprint density at radius 3 is 2.83 bits per heavy atom. The van der Waals surface area contributed by atoms with E-state index in [1.165, 1.54) is 17.5 Å². The molecular weight excluding hydrogens is 232 g/mol. The summed E-state index contributed by atoms with van der Waals surface area (Å²) in [5.74, 6) is 1.49. The number of morpholine rings is 1. The van der Waals surface area contributed by atoms with Crippen LogP contribution >= 0.6 is 0 Å². The summed E-state index contributed by atoms with van der Waals surface area (Å²) in [5, 5.41) is 4.18. The summed E-state index contributed by atoms with van der Waals surface area (Å²) in [4.78, 5) is 16.4. The van der Waals surface area contributed by atoms with Gasteiger partial charge in [-0.1, -0.05) is 0 Å². The van der Waals surface area contributed by atoms with E-state index in [1.54, 1.807) is 7.05 Å². The molecule has 2 aliphatic rings. The van der Waals surface area contributed by atoms with E-state index in [0.717, 1.165) is 24.8 Å². The molecule has 100 valence electrons. The maximum Gasteiger partial charge on any atom is 0.343 e. The van der Waals surface area contributed by atoms with Crippen LogP contribution in [0.25, 0.3) is 0 Å². The van der Waals surface area contributed by atoms with E-state index in [2.05, 4.69) is 21.9 Å². The molecule has 2 atom stereocenters. The van der Waals surface area contributed by atoms with Gasteiger partial charge in [-0.25, -0.2) is 9.48 Å². The molecule has 0 spiro atoms. The van der Waals surface area contributed by atoms with Crippen molar-refractivity contribution in [3.8, 4) is 0 Å². The van der Waals surface area contributed by atoms with Gasteiger partial charge in [-0.3, -0.25) is 9.88 Å². The quantitative estimate of drug-likeness (QED) is 0.829. The molecule has 0 aromatic carbocycles. The largest absolute Gasteiger partial charge is 0.372 e. The normalized spacial score (nSPS) is 29.7. The number of aromatic amines is 1. The van der Waals surface area contributed by atoms with Crippen molar-refractivity contribution in [2.24, 2.45) is 13.0 Å². The van der Waals surface area contributed by atoms with Crippen LogP contribution in [0.15, 0.2) is 4.79 Å². The number of rotatable bonds is 3. The highest BCUT2D eigenvalue weighted by molar-refractivity contribution is 4.90. The number of nitrogens with zero attached hydrogens (tertiary/aromatic N) is 3. The Balaban J connectivity index is 1.65. The summed E-state index contributed by atoms with van der Waals surface area (Å²) in [7, 11) is 1.66. The number of H-pyrrole nitrogens is 1. The molecule has 1 aliphatic heterocycles. The molecule has 1 aromatic rings. The number of ether oxygens (including phenoxy) is 1. The fraction of sp³-hybridized carbons (Fsp3) is 0.833. The molecule has 6 nitrogen and oxygen atoms in total. The highest BCUT2D eigenvalue weighted by atomic mass is 16.5. The second kappa shape index (κ2) is 4.51. The van der Waals surface area contributed by atoms with E-state index in [1.807, 2.05) is 0 Å². The van der Waals surface area contributed by atoms with Crippen molar-refractivity contribution in [1.82, 2.24) is 19.7 Å². The smallest absolute Gasteiger partial charge is 0.343 e. The van der Waals surface area contributed by atoms with E-state index in [4.69, 9.17) is 4.74 Å². The Morgan fingerprint density at radius 2 is 2.22 bits per heavy atom. The molecule has 0 radical (unpaired) electrons. The van der Waals surface area contributed by atoms with Crippen LogP contribution in [0.1, 0.15) is 25.6 Å². The zero-order valence-corrected chi connectivity index (χ0v) is 10.9. The minimum Gasteiger partial charge on any atom is -0.372 e. The van der Waals surface area contributed by atoms with Gasteiger partial charge in [-0.15, -0.1) is 0 Å². The minimum atomic E-state index is -0.148. The summed E-state index contributed by atoms with van der Waals surface area (Å²) < 4.78 is 7.31. The Labute approximate surface area is 106 Å². The molecule has 2 unspecified atom stereocenters. The molecule has 1 N–H and O–H groups in total. The minimum absolute atomic E-state index is 0.148. The van der Waals surface area contributed by atoms with Gasteiger partial charge < -0.3 is 4.74 Å². The molecular formula is C12H20N4O2. The Morgan fingerprint density at radius 1 is 1.44 bits per heavy atom. The van der Waals surface area contributed by atoms with Crippen molar-refractivity contribution in [3.63, 3.8) is 0 Å². The van der Waals surface area contributed by atoms with Crippen LogP contribution in [0.3, 0.4) is 0 Å². The van der Waals surface area contributed by atoms with Crippen LogP contribution in [-0.4, -0.2) is 45.0 Å². The van der Waals surface area contributed by atoms with Crippen LogP contribution in [-0.2, 0) is 18.3 Å². The number of aryl methyl sites for hydroxylation is 1. The fourth-order valence-electron chi connectivity index (χ4n) is 2.67. The SMILES string of the molecule is CC1CN(Cc2nn(C)c(=O)[nH]2)CC(C2CC2)O1. The average molecular weight is 252 g/mol. The predicted molar refractivity (Wildman–Crippen MR) is 66.2 cm³/mol. The lowest BCUT2D eigenvalue weighted by Gasteiger charge is -2.36. The lowest BCUT2D eigenvalue weighted by molar-refractivity contribution is -0.0886. The van der Waals surface area contributed by atoms with Crippen molar-refractivity contribution in [2.45, 2.75) is 38.5 Å². The molecule has 1 saturated carbocycles. The Bertz CT molecular complexity index is 477. The molecule has 18 heavy (non-hydrogen) atoms. The van der Waals surface area contributed by atoms with Gasteiger partial charge in [0.1, 0.15) is 5.82 Å². The van der Waals surface area contributed by atoms with Gasteiger partial charge in [0.25, 0.3) is 0 Å². The number of aromatic nitrogens is 3. The molecule has 1 saturated heterocycles. The number of nitrogens with one attached hydrogen (secondary N) is 1. The maximum atomic E-state index is 11.3. The summed E-state index contributed by atoms with van der Waals surface area (Å²) in [6.07, 6.45) is 3.22. The van der Waals surface area contributed by atoms with Crippen molar-refractivity contribution in [2.75, 3.05) is 13.1 Å². The van der Waals surface area contributed by atoms with Gasteiger partial charge in [0.2, 0.25) is 0 Å². The van der Waals surface area contributed by atoms with E-state index in [9.17, 15) is 4.79 Å². The van der Waals surface area contributed by atoms with Crippen molar-refractivity contribution < 1.29 is 4.74 Å². The second-order valence-corrected chi connectivity index (χ2v) is 5.52. The maximum absolute atomic E-state index is 11.3. The second-order valence-electron chi connectivity index (χ2n) is 5.52. The van der Waals surface area contributed by atoms with E-state index in [0.29, 0.717) is 12.6 Å². The zero-order chi connectivity index (χ0) is 12.7. The van der Waals surface area contributed by atoms with Gasteiger partial charge in [0, 0.05) is 20.1 Å². The number of hydrogen-bond acceptors (Lipinski definition) is 4. The first-order valence-electron chi connectivity index (χ1n) is 6.62. The van der Waals surface area contributed by atoms with Crippen molar-refractivity contribution >= 4 is 0 Å². The third-order valence-corrected chi connectivity index (χ3v) is 3.70. The van der Waals surface area contributed by atoms with Gasteiger partial charge in [-0.05, 0) is 25.7 Å². The molecule has 2 heterocycles. The van der Waals surface area contributed by atoms with Crippen molar-refractivity contribution in [1.29, 1.82) is 0 Å². The van der Waals surface area contributed by atoms with Crippen LogP contribution < -0.4 is 5.69 Å². The van der Waals surface area contributed by atoms with Gasteiger partial charge >= 0.3 is 5.69 Å². The predicted octanol–water partition coefficient (Wildman–Crippen LogP) is 0.108. The standard InChI is InChI=1S/C12H20N4O2/c1-8-5-16(6-10(18-8)9-3-4-9)7-11-13-12(17)15(2)14-11/h8-10H,3-7H2,1-2H3,(H,13,14,17). The number of hydrogen-bond donors (Lipinski definition) is 1. The first-order chi connectivity index (χ1) is 8.61. The Hall–Kier alpha value is -1.14. The summed E-state index contributed by atoms with van der Waals surface area (Å²) in [5.41, 5.74) is -0.148. The molecule has 0 bridgehead atoms. The third kappa shape index (κ3) is 2.49. The lowest BCUT2D eigenvalue weighted by atomic mass is 10.1. The summed E-state index contributed by atoms with van der Waals surface area (Å²) in [6.45, 7) is 4.67. The van der Waals surface area contributed by atoms with Gasteiger partial charge in [-0.2, -0.15) is 5.10 Å². The zero-order valence-electron chi connectivity index (χ0n) is 10.9. The molecule has 1 aromatic heterocycles. The molecule has 6 heteroatoms. The van der Waals surface area contributed by atoms with Gasteiger partial charge in [0.05, 0.1) is 18.8 Å². The average Bonchev–Trinajstić information content (AvgIpc) is 3.07. The van der Waals surface area contributed by atoms with Crippen LogP contribution in [0.5, 0.6) is 0 Å². The van der Waals surface area contributed by atoms with Crippen LogP contribution in [0.2, 0.25) is 0 Å². The third-order valence-electron chi connectivity index (χ3n) is 3.70. The van der Waals surface area contributed by atoms with E-state index in [-0.39, 0.29) is 11.8 Å². The van der Waals surface area contributed by atoms with Crippen LogP contribution in [0.4, 0.5) is 0 Å². The highest BCUT2D eigenvalue weighted by Gasteiger charge is 2.37. The fourth-order valence-corrected chi connectivity index (χ4v) is 2.67. The first kappa shape index (κ1) is 11.9. The topological polar surface area (TPSA) is 63.2 Å². The van der Waals surface area contributed by atoms with Crippen molar-refractivity contribution in [3.05, 3.63) is 16.3 Å². The summed E-state index contributed by atoms with van der Waals surface area (Å²) in [6, 6.07) is 0. The first-order valence-corrected chi connectivity index (χ1v) is 6.62. The molecule has 1 aliphatic carbocycles. The van der Waals surface area contributed by atoms with E-state index < -0.39 is 0 Å². The van der Waals surface area contributed by atoms with Crippen LogP contribution in [0, 0.1) is 5.92 Å². The van der Waals surface area contributed by atoms with Gasteiger partial charge in [0.15, 0.2) is 0 Å². The monoisotopic (exact) mass is 252 g/mol. The van der Waals surface area contributed by atoms with E-state index >= 15 is 0 Å². The Kier molecular flexibility index (Phi) is 2.99.